The first-order valence-corrected chi connectivity index (χ1v) is 9.96. The summed E-state index contributed by atoms with van der Waals surface area (Å²) in [4.78, 5) is 30.4. The molecule has 154 valence electrons. The van der Waals surface area contributed by atoms with Crippen molar-refractivity contribution < 1.29 is 14.3 Å². The molecule has 2 aromatic rings. The maximum Gasteiger partial charge on any atom is 0.252 e. The number of methoxy groups -OCH3 is 1. The van der Waals surface area contributed by atoms with Crippen molar-refractivity contribution in [2.45, 2.75) is 32.2 Å². The maximum atomic E-state index is 12.3. The van der Waals surface area contributed by atoms with Crippen LogP contribution in [-0.2, 0) is 11.3 Å². The Labute approximate surface area is 171 Å². The molecule has 0 radical (unpaired) electrons. The number of pyridine rings is 1. The Morgan fingerprint density at radius 1 is 1.31 bits per heavy atom. The third kappa shape index (κ3) is 5.70. The highest BCUT2D eigenvalue weighted by Gasteiger charge is 2.24. The second-order valence-electron chi connectivity index (χ2n) is 7.36. The number of hydrogen-bond donors (Lipinski definition) is 2. The number of benzene rings is 1. The topological polar surface area (TPSA) is 97.6 Å². The Morgan fingerprint density at radius 3 is 2.97 bits per heavy atom. The van der Waals surface area contributed by atoms with E-state index in [4.69, 9.17) is 10.5 Å². The van der Waals surface area contributed by atoms with E-state index in [0.29, 0.717) is 30.3 Å². The molecular weight excluding hydrogens is 368 g/mol. The molecule has 0 spiro atoms. The zero-order chi connectivity index (χ0) is 20.6. The van der Waals surface area contributed by atoms with Crippen LogP contribution in [0.25, 0.3) is 0 Å². The third-order valence-electron chi connectivity index (χ3n) is 5.27. The fraction of sp³-hybridized carbons (Fsp3) is 0.409. The lowest BCUT2D eigenvalue weighted by molar-refractivity contribution is -0.121. The van der Waals surface area contributed by atoms with Gasteiger partial charge in [0.2, 0.25) is 5.91 Å². The second-order valence-corrected chi connectivity index (χ2v) is 7.36. The Hall–Kier alpha value is -3.09. The van der Waals surface area contributed by atoms with Crippen LogP contribution in [0.5, 0.6) is 5.75 Å². The van der Waals surface area contributed by atoms with Crippen LogP contribution in [0.15, 0.2) is 42.6 Å². The lowest BCUT2D eigenvalue weighted by atomic mass is 9.93. The summed E-state index contributed by atoms with van der Waals surface area (Å²) in [5, 5.41) is 2.98. The molecule has 0 bridgehead atoms. The van der Waals surface area contributed by atoms with Gasteiger partial charge >= 0.3 is 0 Å². The van der Waals surface area contributed by atoms with E-state index in [1.54, 1.807) is 25.4 Å². The van der Waals surface area contributed by atoms with Crippen LogP contribution in [0.4, 0.5) is 5.82 Å². The summed E-state index contributed by atoms with van der Waals surface area (Å²) in [6.07, 6.45) is 5.03. The van der Waals surface area contributed by atoms with Gasteiger partial charge in [0.05, 0.1) is 12.7 Å². The van der Waals surface area contributed by atoms with E-state index in [-0.39, 0.29) is 5.91 Å². The Balaban J connectivity index is 1.49. The summed E-state index contributed by atoms with van der Waals surface area (Å²) in [6.45, 7) is 2.11. The molecule has 2 heterocycles. The zero-order valence-electron chi connectivity index (χ0n) is 16.8. The molecule has 1 aliphatic rings. The third-order valence-corrected chi connectivity index (χ3v) is 5.27. The number of carbonyl (C=O) groups is 2. The number of piperidine rings is 1. The normalized spacial score (nSPS) is 16.3. The first-order chi connectivity index (χ1) is 14.1. The molecule has 7 heteroatoms. The van der Waals surface area contributed by atoms with Crippen molar-refractivity contribution in [2.75, 3.05) is 25.1 Å². The van der Waals surface area contributed by atoms with Crippen molar-refractivity contribution in [3.8, 4) is 5.75 Å². The summed E-state index contributed by atoms with van der Waals surface area (Å²) in [6, 6.07) is 11.1. The van der Waals surface area contributed by atoms with Crippen LogP contribution < -0.4 is 20.7 Å². The first-order valence-electron chi connectivity index (χ1n) is 9.96. The van der Waals surface area contributed by atoms with Gasteiger partial charge in [-0.1, -0.05) is 12.1 Å². The molecule has 1 saturated heterocycles. The minimum Gasteiger partial charge on any atom is -0.497 e. The lowest BCUT2D eigenvalue weighted by Crippen LogP contribution is -2.37. The highest BCUT2D eigenvalue weighted by Crippen LogP contribution is 2.26. The molecular formula is C22H28N4O3. The monoisotopic (exact) mass is 396 g/mol. The van der Waals surface area contributed by atoms with Gasteiger partial charge in [0.25, 0.3) is 5.91 Å². The highest BCUT2D eigenvalue weighted by molar-refractivity contribution is 5.97. The van der Waals surface area contributed by atoms with Crippen molar-refractivity contribution >= 4 is 17.6 Å². The van der Waals surface area contributed by atoms with Crippen LogP contribution >= 0.6 is 0 Å². The smallest absolute Gasteiger partial charge is 0.252 e. The summed E-state index contributed by atoms with van der Waals surface area (Å²) in [5.74, 6) is 1.39. The summed E-state index contributed by atoms with van der Waals surface area (Å²) in [7, 11) is 1.63. The van der Waals surface area contributed by atoms with Gasteiger partial charge in [0.15, 0.2) is 0 Å². The molecule has 0 unspecified atom stereocenters. The predicted molar refractivity (Wildman–Crippen MR) is 112 cm³/mol. The molecule has 0 aliphatic carbocycles. The number of ether oxygens (including phenoxy) is 1. The predicted octanol–water partition coefficient (Wildman–Crippen LogP) is 2.50. The number of nitrogens with one attached hydrogen (secondary N) is 1. The van der Waals surface area contributed by atoms with Gasteiger partial charge in [-0.2, -0.15) is 0 Å². The van der Waals surface area contributed by atoms with E-state index in [1.165, 1.54) is 0 Å². The largest absolute Gasteiger partial charge is 0.497 e. The second kappa shape index (κ2) is 9.91. The number of amides is 2. The van der Waals surface area contributed by atoms with Crippen LogP contribution in [0.3, 0.4) is 0 Å². The van der Waals surface area contributed by atoms with Gasteiger partial charge in [-0.25, -0.2) is 4.98 Å². The molecule has 0 saturated carbocycles. The minimum absolute atomic E-state index is 0.0422. The van der Waals surface area contributed by atoms with Crippen molar-refractivity contribution in [3.63, 3.8) is 0 Å². The maximum absolute atomic E-state index is 12.3. The number of hydrogen-bond acceptors (Lipinski definition) is 5. The molecule has 1 aliphatic heterocycles. The van der Waals surface area contributed by atoms with E-state index in [9.17, 15) is 9.59 Å². The SMILES string of the molecule is COc1cccc(CNC(=O)CC[C@@H]2CCCN(c3ncccc3C(N)=O)C2)c1. The summed E-state index contributed by atoms with van der Waals surface area (Å²) >= 11 is 0. The van der Waals surface area contributed by atoms with Crippen molar-refractivity contribution in [2.24, 2.45) is 11.7 Å². The van der Waals surface area contributed by atoms with Crippen LogP contribution in [0, 0.1) is 5.92 Å². The van der Waals surface area contributed by atoms with Crippen LogP contribution in [0.1, 0.15) is 41.6 Å². The highest BCUT2D eigenvalue weighted by atomic mass is 16.5. The number of nitrogens with two attached hydrogens (primary N) is 1. The molecule has 1 aromatic heterocycles. The van der Waals surface area contributed by atoms with E-state index >= 15 is 0 Å². The Bertz CT molecular complexity index is 855. The number of nitrogens with zero attached hydrogens (tertiary/aromatic N) is 2. The Kier molecular flexibility index (Phi) is 7.05. The van der Waals surface area contributed by atoms with Crippen molar-refractivity contribution in [3.05, 3.63) is 53.7 Å². The molecule has 1 fully saturated rings. The number of carbonyl (C=O) groups excluding carboxylic acids is 2. The molecule has 3 rings (SSSR count). The van der Waals surface area contributed by atoms with Crippen molar-refractivity contribution in [1.82, 2.24) is 10.3 Å². The number of aromatic nitrogens is 1. The Morgan fingerprint density at radius 2 is 2.17 bits per heavy atom. The van der Waals surface area contributed by atoms with Gasteiger partial charge in [0.1, 0.15) is 11.6 Å². The van der Waals surface area contributed by atoms with E-state index in [0.717, 1.165) is 43.7 Å². The van der Waals surface area contributed by atoms with Crippen LogP contribution in [-0.4, -0.2) is 37.0 Å². The molecule has 2 amide bonds. The standard InChI is InChI=1S/C22H28N4O3/c1-29-18-7-2-5-17(13-18)14-25-20(27)10-9-16-6-4-12-26(15-16)22-19(21(23)28)8-3-11-24-22/h2-3,5,7-8,11,13,16H,4,6,9-10,12,14-15H2,1H3,(H2,23,28)(H,25,27)/t16-/m0/s1. The van der Waals surface area contributed by atoms with E-state index in [1.807, 2.05) is 24.3 Å². The fourth-order valence-electron chi connectivity index (χ4n) is 3.74. The number of rotatable bonds is 8. The zero-order valence-corrected chi connectivity index (χ0v) is 16.8. The van der Waals surface area contributed by atoms with Gasteiger partial charge in [-0.15, -0.1) is 0 Å². The molecule has 7 nitrogen and oxygen atoms in total. The quantitative estimate of drug-likeness (QED) is 0.714. The average Bonchev–Trinajstić information content (AvgIpc) is 2.76. The van der Waals surface area contributed by atoms with Crippen molar-refractivity contribution in [1.29, 1.82) is 0 Å². The minimum atomic E-state index is -0.466. The molecule has 29 heavy (non-hydrogen) atoms. The molecule has 3 N–H and O–H groups in total. The van der Waals surface area contributed by atoms with Gasteiger partial charge < -0.3 is 20.7 Å². The molecule has 1 aromatic carbocycles. The average molecular weight is 396 g/mol. The van der Waals surface area contributed by atoms with E-state index < -0.39 is 5.91 Å². The van der Waals surface area contributed by atoms with Gasteiger partial charge in [-0.05, 0) is 55.0 Å². The van der Waals surface area contributed by atoms with Crippen LogP contribution in [0.2, 0.25) is 0 Å². The van der Waals surface area contributed by atoms with Gasteiger partial charge in [-0.3, -0.25) is 9.59 Å². The number of primary amides is 1. The first kappa shape index (κ1) is 20.6. The van der Waals surface area contributed by atoms with E-state index in [2.05, 4.69) is 15.2 Å². The fourth-order valence-corrected chi connectivity index (χ4v) is 3.74. The van der Waals surface area contributed by atoms with Gasteiger partial charge in [0, 0.05) is 32.3 Å². The lowest BCUT2D eigenvalue weighted by Gasteiger charge is -2.34. The molecule has 1 atom stereocenters. The summed E-state index contributed by atoms with van der Waals surface area (Å²) in [5.41, 5.74) is 6.95. The summed E-state index contributed by atoms with van der Waals surface area (Å²) < 4.78 is 5.21. The number of anilines is 1.